The van der Waals surface area contributed by atoms with Gasteiger partial charge in [-0.25, -0.2) is 0 Å². The molecule has 0 aliphatic heterocycles. The first-order valence-corrected chi connectivity index (χ1v) is 5.39. The summed E-state index contributed by atoms with van der Waals surface area (Å²) >= 11 is 1.98. The van der Waals surface area contributed by atoms with Crippen LogP contribution in [0.3, 0.4) is 0 Å². The molecule has 0 radical (unpaired) electrons. The lowest BCUT2D eigenvalue weighted by Gasteiger charge is -2.03. The molecular formula is C9H9IN2O4. The lowest BCUT2D eigenvalue weighted by Crippen LogP contribution is -2.33. The molecule has 0 fully saturated rings. The average Bonchev–Trinajstić information content (AvgIpc) is 2.20. The molecule has 1 aromatic rings. The van der Waals surface area contributed by atoms with E-state index in [0.717, 1.165) is 3.57 Å². The van der Waals surface area contributed by atoms with Crippen molar-refractivity contribution in [3.63, 3.8) is 0 Å². The van der Waals surface area contributed by atoms with Crippen molar-refractivity contribution in [2.45, 2.75) is 6.92 Å². The molecule has 7 heteroatoms. The van der Waals surface area contributed by atoms with E-state index in [4.69, 9.17) is 5.11 Å². The summed E-state index contributed by atoms with van der Waals surface area (Å²) in [7, 11) is 0. The second kappa shape index (κ2) is 5.10. The number of carboxylic acids is 1. The lowest BCUT2D eigenvalue weighted by molar-refractivity contribution is -0.135. The number of aliphatic carboxylic acids is 1. The first-order chi connectivity index (χ1) is 7.41. The van der Waals surface area contributed by atoms with Gasteiger partial charge in [0.2, 0.25) is 0 Å². The summed E-state index contributed by atoms with van der Waals surface area (Å²) in [6, 6.07) is 1.42. The third kappa shape index (κ3) is 3.05. The average molecular weight is 336 g/mol. The molecule has 0 aliphatic carbocycles. The summed E-state index contributed by atoms with van der Waals surface area (Å²) in [5, 5.41) is 10.5. The van der Waals surface area contributed by atoms with Crippen LogP contribution >= 0.6 is 22.6 Å². The molecule has 0 unspecified atom stereocenters. The number of nitrogens with one attached hydrogen (secondary N) is 2. The predicted octanol–water partition coefficient (Wildman–Crippen LogP) is 0.102. The van der Waals surface area contributed by atoms with Gasteiger partial charge in [0.15, 0.2) is 0 Å². The Morgan fingerprint density at radius 1 is 1.56 bits per heavy atom. The highest BCUT2D eigenvalue weighted by atomic mass is 127. The number of aromatic nitrogens is 1. The second-order valence-corrected chi connectivity index (χ2v) is 4.22. The number of carboxylic acid groups (broad SMARTS) is 1. The maximum Gasteiger partial charge on any atom is 0.322 e. The van der Waals surface area contributed by atoms with Crippen LogP contribution in [0, 0.1) is 10.5 Å². The van der Waals surface area contributed by atoms with Gasteiger partial charge in [-0.3, -0.25) is 14.4 Å². The van der Waals surface area contributed by atoms with Crippen molar-refractivity contribution in [1.82, 2.24) is 10.3 Å². The highest BCUT2D eigenvalue weighted by Crippen LogP contribution is 2.07. The number of H-pyrrole nitrogens is 1. The molecule has 0 atom stereocenters. The van der Waals surface area contributed by atoms with E-state index in [-0.39, 0.29) is 5.56 Å². The van der Waals surface area contributed by atoms with Gasteiger partial charge in [-0.05, 0) is 35.6 Å². The van der Waals surface area contributed by atoms with Crippen molar-refractivity contribution in [2.24, 2.45) is 0 Å². The minimum absolute atomic E-state index is 0.0868. The van der Waals surface area contributed by atoms with E-state index >= 15 is 0 Å². The number of amides is 1. The minimum Gasteiger partial charge on any atom is -0.480 e. The first-order valence-electron chi connectivity index (χ1n) is 4.31. The molecule has 1 aromatic heterocycles. The SMILES string of the molecule is Cc1[nH]c(=O)c(C(=O)NCC(=O)O)cc1I. The van der Waals surface area contributed by atoms with Crippen LogP contribution in [0.4, 0.5) is 0 Å². The van der Waals surface area contributed by atoms with Gasteiger partial charge < -0.3 is 15.4 Å². The standard InChI is InChI=1S/C9H9IN2O4/c1-4-6(10)2-5(9(16)12-4)8(15)11-3-7(13)14/h2H,3H2,1H3,(H,11,15)(H,12,16)(H,13,14). The Kier molecular flexibility index (Phi) is 4.05. The van der Waals surface area contributed by atoms with Crippen molar-refractivity contribution in [2.75, 3.05) is 6.54 Å². The van der Waals surface area contributed by atoms with Gasteiger partial charge in [0, 0.05) is 9.26 Å². The van der Waals surface area contributed by atoms with E-state index in [2.05, 4.69) is 10.3 Å². The highest BCUT2D eigenvalue weighted by molar-refractivity contribution is 14.1. The maximum absolute atomic E-state index is 11.4. The van der Waals surface area contributed by atoms with Gasteiger partial charge in [0.05, 0.1) is 0 Å². The quantitative estimate of drug-likeness (QED) is 0.682. The largest absolute Gasteiger partial charge is 0.480 e. The predicted molar refractivity (Wildman–Crippen MR) is 64.5 cm³/mol. The Bertz CT molecular complexity index is 495. The summed E-state index contributed by atoms with van der Waals surface area (Å²) in [6.45, 7) is 1.20. The molecule has 0 spiro atoms. The van der Waals surface area contributed by atoms with Crippen LogP contribution in [-0.2, 0) is 4.79 Å². The topological polar surface area (TPSA) is 99.3 Å². The molecule has 3 N–H and O–H groups in total. The maximum atomic E-state index is 11.4. The Balaban J connectivity index is 2.96. The number of aromatic amines is 1. The van der Waals surface area contributed by atoms with Crippen molar-refractivity contribution in [1.29, 1.82) is 0 Å². The third-order valence-corrected chi connectivity index (χ3v) is 2.94. The van der Waals surface area contributed by atoms with E-state index < -0.39 is 24.0 Å². The van der Waals surface area contributed by atoms with Gasteiger partial charge in [0.25, 0.3) is 11.5 Å². The van der Waals surface area contributed by atoms with Crippen molar-refractivity contribution in [3.8, 4) is 0 Å². The fraction of sp³-hybridized carbons (Fsp3) is 0.222. The van der Waals surface area contributed by atoms with Gasteiger partial charge in [-0.15, -0.1) is 0 Å². The molecule has 1 rings (SSSR count). The summed E-state index contributed by atoms with van der Waals surface area (Å²) in [4.78, 5) is 35.6. The molecule has 1 heterocycles. The fourth-order valence-corrected chi connectivity index (χ4v) is 1.46. The molecule has 0 saturated carbocycles. The van der Waals surface area contributed by atoms with Crippen LogP contribution in [0.25, 0.3) is 0 Å². The van der Waals surface area contributed by atoms with Gasteiger partial charge >= 0.3 is 5.97 Å². The number of carbonyl (C=O) groups is 2. The zero-order chi connectivity index (χ0) is 12.3. The van der Waals surface area contributed by atoms with E-state index in [1.165, 1.54) is 6.07 Å². The minimum atomic E-state index is -1.16. The number of carbonyl (C=O) groups excluding carboxylic acids is 1. The Morgan fingerprint density at radius 3 is 2.75 bits per heavy atom. The first kappa shape index (κ1) is 12.7. The summed E-state index contributed by atoms with van der Waals surface area (Å²) in [5.41, 5.74) is 0.0532. The highest BCUT2D eigenvalue weighted by Gasteiger charge is 2.12. The van der Waals surface area contributed by atoms with Gasteiger partial charge in [-0.2, -0.15) is 0 Å². The number of hydrogen-bond acceptors (Lipinski definition) is 3. The summed E-state index contributed by atoms with van der Waals surface area (Å²) in [6.07, 6.45) is 0. The number of pyridine rings is 1. The van der Waals surface area contributed by atoms with E-state index in [0.29, 0.717) is 5.69 Å². The van der Waals surface area contributed by atoms with Gasteiger partial charge in [-0.1, -0.05) is 0 Å². The molecule has 0 saturated heterocycles. The number of aryl methyl sites for hydroxylation is 1. The van der Waals surface area contributed by atoms with Crippen LogP contribution in [0.5, 0.6) is 0 Å². The monoisotopic (exact) mass is 336 g/mol. The van der Waals surface area contributed by atoms with Crippen LogP contribution in [-0.4, -0.2) is 28.5 Å². The normalized spacial score (nSPS) is 9.88. The van der Waals surface area contributed by atoms with Gasteiger partial charge in [0.1, 0.15) is 12.1 Å². The van der Waals surface area contributed by atoms with Crippen LogP contribution in [0.1, 0.15) is 16.1 Å². The van der Waals surface area contributed by atoms with Crippen LogP contribution in [0.2, 0.25) is 0 Å². The van der Waals surface area contributed by atoms with E-state index in [9.17, 15) is 14.4 Å². The fourth-order valence-electron chi connectivity index (χ4n) is 1.02. The van der Waals surface area contributed by atoms with Crippen molar-refractivity contribution < 1.29 is 14.7 Å². The number of hydrogen-bond donors (Lipinski definition) is 3. The zero-order valence-corrected chi connectivity index (χ0v) is 10.5. The zero-order valence-electron chi connectivity index (χ0n) is 8.33. The van der Waals surface area contributed by atoms with Crippen LogP contribution < -0.4 is 10.9 Å². The smallest absolute Gasteiger partial charge is 0.322 e. The third-order valence-electron chi connectivity index (χ3n) is 1.82. The summed E-state index contributed by atoms with van der Waals surface area (Å²) in [5.74, 6) is -1.85. The molecule has 6 nitrogen and oxygen atoms in total. The Morgan fingerprint density at radius 2 is 2.19 bits per heavy atom. The Labute approximate surface area is 104 Å². The van der Waals surface area contributed by atoms with Crippen molar-refractivity contribution in [3.05, 3.63) is 31.2 Å². The lowest BCUT2D eigenvalue weighted by atomic mass is 10.2. The van der Waals surface area contributed by atoms with E-state index in [1.807, 2.05) is 22.6 Å². The molecule has 0 aliphatic rings. The molecule has 1 amide bonds. The van der Waals surface area contributed by atoms with Crippen molar-refractivity contribution >= 4 is 34.5 Å². The molecule has 0 bridgehead atoms. The molecular weight excluding hydrogens is 327 g/mol. The number of rotatable bonds is 3. The van der Waals surface area contributed by atoms with Crippen LogP contribution in [0.15, 0.2) is 10.9 Å². The summed E-state index contributed by atoms with van der Waals surface area (Å²) < 4.78 is 0.734. The van der Waals surface area contributed by atoms with E-state index in [1.54, 1.807) is 6.92 Å². The Hall–Kier alpha value is -1.38. The number of halogens is 1. The molecule has 0 aromatic carbocycles. The molecule has 16 heavy (non-hydrogen) atoms. The second-order valence-electron chi connectivity index (χ2n) is 3.06. The molecule has 86 valence electrons.